The van der Waals surface area contributed by atoms with Gasteiger partial charge in [0, 0.05) is 10.9 Å². The van der Waals surface area contributed by atoms with Gasteiger partial charge < -0.3 is 4.74 Å². The molecule has 0 aromatic carbocycles. The summed E-state index contributed by atoms with van der Waals surface area (Å²) in [5, 5.41) is 2.21. The van der Waals surface area contributed by atoms with Crippen LogP contribution in [0.3, 0.4) is 0 Å². The molecule has 0 unspecified atom stereocenters. The molecule has 3 aromatic rings. The first kappa shape index (κ1) is 26.3. The number of hydrogen-bond donors (Lipinski definition) is 0. The second-order valence-corrected chi connectivity index (χ2v) is 14.4. The quantitative estimate of drug-likeness (QED) is 0.227. The van der Waals surface area contributed by atoms with Crippen LogP contribution in [0.4, 0.5) is 10.5 Å². The predicted octanol–water partition coefficient (Wildman–Crippen LogP) is 7.60. The summed E-state index contributed by atoms with van der Waals surface area (Å²) in [4.78, 5) is 21.0. The molecule has 0 N–H and O–H groups in total. The van der Waals surface area contributed by atoms with Gasteiger partial charge in [-0.25, -0.2) is 14.0 Å². The number of thiophene rings is 2. The van der Waals surface area contributed by atoms with E-state index < -0.39 is 27.4 Å². The number of halogens is 2. The maximum absolute atomic E-state index is 13.2. The minimum absolute atomic E-state index is 0.248. The van der Waals surface area contributed by atoms with Crippen molar-refractivity contribution in [2.75, 3.05) is 4.90 Å². The normalized spacial score (nSPS) is 13.6. The van der Waals surface area contributed by atoms with Crippen molar-refractivity contribution in [3.05, 3.63) is 43.0 Å². The lowest BCUT2D eigenvalue weighted by Crippen LogP contribution is -2.36. The summed E-state index contributed by atoms with van der Waals surface area (Å²) < 4.78 is 23.3. The number of pyridine rings is 1. The Morgan fingerprint density at radius 3 is 2.61 bits per heavy atom. The largest absolute Gasteiger partial charge is 0.443 e. The number of nitrogens with zero attached hydrogens (tertiary/aromatic N) is 3. The van der Waals surface area contributed by atoms with Crippen molar-refractivity contribution in [2.24, 2.45) is 4.40 Å². The molecule has 6 nitrogen and oxygen atoms in total. The highest BCUT2D eigenvalue weighted by Crippen LogP contribution is 2.41. The molecule has 178 valence electrons. The van der Waals surface area contributed by atoms with E-state index in [1.165, 1.54) is 11.3 Å². The van der Waals surface area contributed by atoms with E-state index in [4.69, 9.17) is 16.3 Å². The minimum Gasteiger partial charge on any atom is -0.443 e. The SMILES string of the molecule is CC(C)(C)OC(=O)N(Cc1cccs1)c1cc(Cl)nc2c(Br)c(/C=N/[S@](=O)C(C)(C)C)sc12. The molecule has 3 aromatic heterocycles. The molecule has 1 amide bonds. The number of carbonyl (C=O) groups is 1. The van der Waals surface area contributed by atoms with Crippen LogP contribution in [0.2, 0.25) is 5.15 Å². The molecule has 3 heterocycles. The van der Waals surface area contributed by atoms with E-state index in [1.54, 1.807) is 28.5 Å². The topological polar surface area (TPSA) is 71.9 Å². The van der Waals surface area contributed by atoms with Crippen LogP contribution in [0.1, 0.15) is 51.3 Å². The first-order valence-corrected chi connectivity index (χ1v) is 14.0. The van der Waals surface area contributed by atoms with Gasteiger partial charge in [-0.3, -0.25) is 4.90 Å². The Kier molecular flexibility index (Phi) is 8.05. The molecule has 33 heavy (non-hydrogen) atoms. The maximum Gasteiger partial charge on any atom is 0.415 e. The van der Waals surface area contributed by atoms with Crippen LogP contribution in [-0.4, -0.2) is 31.8 Å². The first-order chi connectivity index (χ1) is 15.3. The second kappa shape index (κ2) is 10.1. The Morgan fingerprint density at radius 1 is 1.33 bits per heavy atom. The van der Waals surface area contributed by atoms with E-state index in [0.717, 1.165) is 14.5 Å². The molecule has 0 aliphatic rings. The molecule has 1 atom stereocenters. The van der Waals surface area contributed by atoms with E-state index >= 15 is 0 Å². The fourth-order valence-corrected chi connectivity index (χ4v) is 5.93. The van der Waals surface area contributed by atoms with Crippen LogP contribution in [0.5, 0.6) is 0 Å². The Labute approximate surface area is 217 Å². The summed E-state index contributed by atoms with van der Waals surface area (Å²) in [6, 6.07) is 5.57. The predicted molar refractivity (Wildman–Crippen MR) is 145 cm³/mol. The lowest BCUT2D eigenvalue weighted by Gasteiger charge is -2.27. The third-order valence-corrected chi connectivity index (χ3v) is 8.75. The summed E-state index contributed by atoms with van der Waals surface area (Å²) >= 11 is 12.9. The van der Waals surface area contributed by atoms with Gasteiger partial charge in [0.15, 0.2) is 0 Å². The summed E-state index contributed by atoms with van der Waals surface area (Å²) in [7, 11) is -1.40. The number of fused-ring (bicyclic) bond motifs is 1. The van der Waals surface area contributed by atoms with Crippen molar-refractivity contribution < 1.29 is 13.7 Å². The summed E-state index contributed by atoms with van der Waals surface area (Å²) in [5.41, 5.74) is 0.533. The van der Waals surface area contributed by atoms with Crippen molar-refractivity contribution in [2.45, 2.75) is 58.4 Å². The number of amides is 1. The van der Waals surface area contributed by atoms with Crippen LogP contribution in [0.25, 0.3) is 10.2 Å². The number of hydrogen-bond acceptors (Lipinski definition) is 6. The van der Waals surface area contributed by atoms with Gasteiger partial charge in [0.25, 0.3) is 0 Å². The highest BCUT2D eigenvalue weighted by Gasteiger charge is 2.28. The van der Waals surface area contributed by atoms with Gasteiger partial charge in [-0.1, -0.05) is 17.7 Å². The van der Waals surface area contributed by atoms with Gasteiger partial charge in [0.1, 0.15) is 21.7 Å². The Balaban J connectivity index is 2.12. The van der Waals surface area contributed by atoms with Crippen LogP contribution in [0.15, 0.2) is 32.4 Å². The van der Waals surface area contributed by atoms with E-state index in [0.29, 0.717) is 22.2 Å². The molecule has 0 radical (unpaired) electrons. The molecule has 0 saturated heterocycles. The van der Waals surface area contributed by atoms with E-state index in [1.807, 2.05) is 59.1 Å². The average Bonchev–Trinajstić information content (AvgIpc) is 3.30. The molecule has 3 rings (SSSR count). The molecule has 0 aliphatic carbocycles. The smallest absolute Gasteiger partial charge is 0.415 e. The van der Waals surface area contributed by atoms with Gasteiger partial charge in [-0.05, 0) is 68.9 Å². The summed E-state index contributed by atoms with van der Waals surface area (Å²) in [5.74, 6) is 0. The summed E-state index contributed by atoms with van der Waals surface area (Å²) in [6.07, 6.45) is 1.10. The zero-order valence-corrected chi connectivity index (χ0v) is 23.9. The molecule has 0 saturated carbocycles. The van der Waals surface area contributed by atoms with Crippen LogP contribution in [0, 0.1) is 0 Å². The molecule has 0 aliphatic heterocycles. The van der Waals surface area contributed by atoms with Crippen molar-refractivity contribution in [3.63, 3.8) is 0 Å². The molecule has 11 heteroatoms. The number of ether oxygens (including phenoxy) is 1. The number of aromatic nitrogens is 1. The van der Waals surface area contributed by atoms with Gasteiger partial charge in [0.2, 0.25) is 0 Å². The van der Waals surface area contributed by atoms with E-state index in [2.05, 4.69) is 25.3 Å². The average molecular weight is 591 g/mol. The molecular formula is C22H25BrClN3O3S3. The van der Waals surface area contributed by atoms with Crippen molar-refractivity contribution >= 4 is 89.4 Å². The van der Waals surface area contributed by atoms with Gasteiger partial charge in [0.05, 0.1) is 42.8 Å². The fraction of sp³-hybridized carbons (Fsp3) is 0.409. The Morgan fingerprint density at radius 2 is 2.03 bits per heavy atom. The van der Waals surface area contributed by atoms with Crippen LogP contribution < -0.4 is 4.90 Å². The van der Waals surface area contributed by atoms with Crippen LogP contribution in [-0.2, 0) is 22.3 Å². The zero-order valence-electron chi connectivity index (χ0n) is 19.1. The molecule has 0 bridgehead atoms. The van der Waals surface area contributed by atoms with Gasteiger partial charge >= 0.3 is 6.09 Å². The standard InChI is InChI=1S/C22H25BrClN3O3S3/c1-21(2,3)30-20(28)27(12-13-8-7-9-31-13)14-10-16(24)26-18-17(23)15(32-19(14)18)11-25-33(29)22(4,5)6/h7-11H,12H2,1-6H3/b25-11+/t33-/m1/s1. The number of rotatable bonds is 5. The lowest BCUT2D eigenvalue weighted by molar-refractivity contribution is 0.0578. The van der Waals surface area contributed by atoms with Gasteiger partial charge in [-0.15, -0.1) is 22.7 Å². The molecule has 0 spiro atoms. The van der Waals surface area contributed by atoms with Crippen molar-refractivity contribution in [1.82, 2.24) is 4.98 Å². The number of carbonyl (C=O) groups excluding carboxylic acids is 1. The van der Waals surface area contributed by atoms with Crippen LogP contribution >= 0.6 is 50.2 Å². The van der Waals surface area contributed by atoms with Crippen molar-refractivity contribution in [3.8, 4) is 0 Å². The Bertz CT molecular complexity index is 1210. The minimum atomic E-state index is -1.40. The van der Waals surface area contributed by atoms with Gasteiger partial charge in [-0.2, -0.15) is 4.40 Å². The first-order valence-electron chi connectivity index (χ1n) is 10.0. The Hall–Kier alpha value is -1.33. The van der Waals surface area contributed by atoms with E-state index in [-0.39, 0.29) is 5.15 Å². The monoisotopic (exact) mass is 589 g/mol. The fourth-order valence-electron chi connectivity index (χ4n) is 2.67. The third-order valence-electron chi connectivity index (χ3n) is 4.15. The molecular weight excluding hydrogens is 566 g/mol. The zero-order chi connectivity index (χ0) is 24.6. The summed E-state index contributed by atoms with van der Waals surface area (Å²) in [6.45, 7) is 11.4. The maximum atomic E-state index is 13.2. The van der Waals surface area contributed by atoms with E-state index in [9.17, 15) is 9.00 Å². The third kappa shape index (κ3) is 6.63. The highest BCUT2D eigenvalue weighted by molar-refractivity contribution is 9.10. The number of anilines is 1. The second-order valence-electron chi connectivity index (χ2n) is 9.16. The highest BCUT2D eigenvalue weighted by atomic mass is 79.9. The van der Waals surface area contributed by atoms with Crippen molar-refractivity contribution in [1.29, 1.82) is 0 Å². The molecule has 0 fully saturated rings. The lowest BCUT2D eigenvalue weighted by atomic mass is 10.2.